The molecule has 0 aromatic rings. The Morgan fingerprint density at radius 3 is 2.60 bits per heavy atom. The van der Waals surface area contributed by atoms with E-state index in [0.29, 0.717) is 18.2 Å². The first-order valence-electron chi connectivity index (χ1n) is 6.21. The Hall–Kier alpha value is -0.120. The fourth-order valence-corrected chi connectivity index (χ4v) is 3.05. The molecule has 2 aliphatic rings. The molecule has 0 aromatic carbocycles. The van der Waals surface area contributed by atoms with Crippen LogP contribution in [0.15, 0.2) is 0 Å². The molecular formula is C12H23NO2. The number of rotatable bonds is 4. The van der Waals surface area contributed by atoms with Crippen molar-refractivity contribution in [1.82, 2.24) is 0 Å². The summed E-state index contributed by atoms with van der Waals surface area (Å²) in [5, 5.41) is 0. The Morgan fingerprint density at radius 1 is 1.40 bits per heavy atom. The van der Waals surface area contributed by atoms with E-state index in [1.807, 2.05) is 0 Å². The molecule has 2 rings (SSSR count). The summed E-state index contributed by atoms with van der Waals surface area (Å²) in [5.41, 5.74) is 6.37. The van der Waals surface area contributed by atoms with Crippen LogP contribution in [-0.4, -0.2) is 31.5 Å². The highest BCUT2D eigenvalue weighted by Crippen LogP contribution is 2.48. The Balaban J connectivity index is 1.92. The molecule has 0 amide bonds. The summed E-state index contributed by atoms with van der Waals surface area (Å²) >= 11 is 0. The number of ether oxygens (including phenoxy) is 2. The number of nitrogens with two attached hydrogens (primary N) is 1. The van der Waals surface area contributed by atoms with Gasteiger partial charge in [0.1, 0.15) is 0 Å². The molecule has 2 N–H and O–H groups in total. The molecule has 1 aliphatic heterocycles. The predicted octanol–water partition coefficient (Wildman–Crippen LogP) is 1.70. The van der Waals surface area contributed by atoms with Crippen LogP contribution < -0.4 is 5.73 Å². The molecule has 3 atom stereocenters. The van der Waals surface area contributed by atoms with Crippen molar-refractivity contribution in [2.75, 3.05) is 13.2 Å². The Kier molecular flexibility index (Phi) is 3.33. The molecule has 1 aliphatic carbocycles. The molecule has 2 fully saturated rings. The molecule has 3 nitrogen and oxygen atoms in total. The van der Waals surface area contributed by atoms with Gasteiger partial charge in [-0.05, 0) is 25.7 Å². The SMILES string of the molecule is CCC1(CC)C(N)CC1OC1CCOC1. The summed E-state index contributed by atoms with van der Waals surface area (Å²) in [7, 11) is 0. The van der Waals surface area contributed by atoms with E-state index in [9.17, 15) is 0 Å². The van der Waals surface area contributed by atoms with Crippen molar-refractivity contribution in [3.63, 3.8) is 0 Å². The van der Waals surface area contributed by atoms with Crippen LogP contribution in [0.5, 0.6) is 0 Å². The molecule has 1 saturated heterocycles. The topological polar surface area (TPSA) is 44.5 Å². The highest BCUT2D eigenvalue weighted by Gasteiger charge is 2.52. The summed E-state index contributed by atoms with van der Waals surface area (Å²) in [6, 6.07) is 0.333. The van der Waals surface area contributed by atoms with E-state index >= 15 is 0 Å². The molecule has 0 spiro atoms. The van der Waals surface area contributed by atoms with E-state index in [-0.39, 0.29) is 5.41 Å². The quantitative estimate of drug-likeness (QED) is 0.773. The lowest BCUT2D eigenvalue weighted by molar-refractivity contribution is -0.157. The third-order valence-corrected chi connectivity index (χ3v) is 4.41. The average Bonchev–Trinajstić information content (AvgIpc) is 2.72. The normalized spacial score (nSPS) is 39.0. The van der Waals surface area contributed by atoms with Gasteiger partial charge in [-0.2, -0.15) is 0 Å². The van der Waals surface area contributed by atoms with E-state index in [1.165, 1.54) is 0 Å². The first-order valence-corrected chi connectivity index (χ1v) is 6.21. The Labute approximate surface area is 92.3 Å². The summed E-state index contributed by atoms with van der Waals surface area (Å²) in [6.45, 7) is 6.08. The summed E-state index contributed by atoms with van der Waals surface area (Å²) < 4.78 is 11.4. The van der Waals surface area contributed by atoms with Gasteiger partial charge in [0.15, 0.2) is 0 Å². The maximum Gasteiger partial charge on any atom is 0.0834 e. The third-order valence-electron chi connectivity index (χ3n) is 4.41. The van der Waals surface area contributed by atoms with Gasteiger partial charge in [0.05, 0.1) is 18.8 Å². The summed E-state index contributed by atoms with van der Waals surface area (Å²) in [4.78, 5) is 0. The van der Waals surface area contributed by atoms with Crippen molar-refractivity contribution < 1.29 is 9.47 Å². The molecule has 15 heavy (non-hydrogen) atoms. The molecule has 3 heteroatoms. The number of hydrogen-bond acceptors (Lipinski definition) is 3. The lowest BCUT2D eigenvalue weighted by Gasteiger charge is -2.54. The minimum absolute atomic E-state index is 0.239. The fourth-order valence-electron chi connectivity index (χ4n) is 3.05. The van der Waals surface area contributed by atoms with Gasteiger partial charge >= 0.3 is 0 Å². The monoisotopic (exact) mass is 213 g/mol. The third kappa shape index (κ3) is 1.81. The van der Waals surface area contributed by atoms with Gasteiger partial charge in [-0.3, -0.25) is 0 Å². The molecule has 0 aromatic heterocycles. The highest BCUT2D eigenvalue weighted by atomic mass is 16.6. The van der Waals surface area contributed by atoms with Crippen molar-refractivity contribution in [3.8, 4) is 0 Å². The zero-order chi connectivity index (χ0) is 10.9. The standard InChI is InChI=1S/C12H23NO2/c1-3-12(4-2)10(13)7-11(12)15-9-5-6-14-8-9/h9-11H,3-8,13H2,1-2H3. The predicted molar refractivity (Wildman–Crippen MR) is 59.7 cm³/mol. The Morgan fingerprint density at radius 2 is 2.13 bits per heavy atom. The largest absolute Gasteiger partial charge is 0.379 e. The first-order chi connectivity index (χ1) is 7.23. The highest BCUT2D eigenvalue weighted by molar-refractivity contribution is 5.05. The van der Waals surface area contributed by atoms with Gasteiger partial charge in [0, 0.05) is 18.1 Å². The van der Waals surface area contributed by atoms with Crippen LogP contribution in [0.2, 0.25) is 0 Å². The van der Waals surface area contributed by atoms with Gasteiger partial charge in [0.2, 0.25) is 0 Å². The first kappa shape index (κ1) is 11.4. The molecule has 0 radical (unpaired) electrons. The van der Waals surface area contributed by atoms with E-state index < -0.39 is 0 Å². The van der Waals surface area contributed by atoms with Gasteiger partial charge < -0.3 is 15.2 Å². The number of hydrogen-bond donors (Lipinski definition) is 1. The lowest BCUT2D eigenvalue weighted by atomic mass is 9.59. The van der Waals surface area contributed by atoms with Crippen LogP contribution >= 0.6 is 0 Å². The van der Waals surface area contributed by atoms with Crippen molar-refractivity contribution in [3.05, 3.63) is 0 Å². The average molecular weight is 213 g/mol. The molecule has 1 saturated carbocycles. The smallest absolute Gasteiger partial charge is 0.0834 e. The van der Waals surface area contributed by atoms with Crippen LogP contribution in [0.4, 0.5) is 0 Å². The van der Waals surface area contributed by atoms with Crippen LogP contribution in [0, 0.1) is 5.41 Å². The minimum atomic E-state index is 0.239. The van der Waals surface area contributed by atoms with Gasteiger partial charge in [0.25, 0.3) is 0 Å². The zero-order valence-electron chi connectivity index (χ0n) is 9.87. The van der Waals surface area contributed by atoms with Gasteiger partial charge in [-0.15, -0.1) is 0 Å². The second kappa shape index (κ2) is 4.40. The Bertz CT molecular complexity index is 210. The molecule has 3 unspecified atom stereocenters. The van der Waals surface area contributed by atoms with Crippen LogP contribution in [0.25, 0.3) is 0 Å². The summed E-state index contributed by atoms with van der Waals surface area (Å²) in [6.07, 6.45) is 5.02. The van der Waals surface area contributed by atoms with E-state index in [4.69, 9.17) is 15.2 Å². The van der Waals surface area contributed by atoms with Crippen molar-refractivity contribution in [1.29, 1.82) is 0 Å². The fraction of sp³-hybridized carbons (Fsp3) is 1.00. The van der Waals surface area contributed by atoms with Crippen LogP contribution in [0.3, 0.4) is 0 Å². The van der Waals surface area contributed by atoms with Crippen molar-refractivity contribution >= 4 is 0 Å². The van der Waals surface area contributed by atoms with E-state index in [1.54, 1.807) is 0 Å². The summed E-state index contributed by atoms with van der Waals surface area (Å²) in [5.74, 6) is 0. The van der Waals surface area contributed by atoms with Gasteiger partial charge in [-0.25, -0.2) is 0 Å². The van der Waals surface area contributed by atoms with Crippen molar-refractivity contribution in [2.24, 2.45) is 11.1 Å². The van der Waals surface area contributed by atoms with Crippen LogP contribution in [0.1, 0.15) is 39.5 Å². The molecule has 1 heterocycles. The molecule has 88 valence electrons. The second-order valence-corrected chi connectivity index (χ2v) is 4.89. The lowest BCUT2D eigenvalue weighted by Crippen LogP contribution is -2.62. The van der Waals surface area contributed by atoms with Gasteiger partial charge in [-0.1, -0.05) is 13.8 Å². The van der Waals surface area contributed by atoms with E-state index in [2.05, 4.69) is 13.8 Å². The minimum Gasteiger partial charge on any atom is -0.379 e. The van der Waals surface area contributed by atoms with E-state index in [0.717, 1.165) is 38.9 Å². The van der Waals surface area contributed by atoms with Crippen molar-refractivity contribution in [2.45, 2.75) is 57.8 Å². The maximum absolute atomic E-state index is 6.13. The second-order valence-electron chi connectivity index (χ2n) is 4.89. The zero-order valence-corrected chi connectivity index (χ0v) is 9.87. The van der Waals surface area contributed by atoms with Crippen LogP contribution in [-0.2, 0) is 9.47 Å². The maximum atomic E-state index is 6.13. The molecular weight excluding hydrogens is 190 g/mol. The molecule has 0 bridgehead atoms.